The van der Waals surface area contributed by atoms with Crippen molar-refractivity contribution >= 4 is 34.7 Å². The van der Waals surface area contributed by atoms with Crippen molar-refractivity contribution in [1.82, 2.24) is 9.80 Å². The van der Waals surface area contributed by atoms with E-state index in [2.05, 4.69) is 47.3 Å². The van der Waals surface area contributed by atoms with Gasteiger partial charge in [-0.3, -0.25) is 9.80 Å². The summed E-state index contributed by atoms with van der Waals surface area (Å²) in [6, 6.07) is 35.6. The standard InChI is InChI=1S/C46H56N4O6/c1-5-29-47(30-6-2)33-45(35-49(37-19-11-9-12-20-37)39-23-15-17-25-41(39)53-45)55-43(51)27-28-44(52)56-46(34-48(31-7-3)32-8-4)36-50(38-21-13-10-14-22-38)40-24-16-18-26-42(40)54-46/h9-28H,5-8,29-36H2,1-4H3/b28-27+. The summed E-state index contributed by atoms with van der Waals surface area (Å²) in [5.41, 5.74) is 3.66. The van der Waals surface area contributed by atoms with E-state index in [4.69, 9.17) is 18.9 Å². The van der Waals surface area contributed by atoms with Crippen molar-refractivity contribution in [3.8, 4) is 11.5 Å². The summed E-state index contributed by atoms with van der Waals surface area (Å²) in [4.78, 5) is 36.6. The van der Waals surface area contributed by atoms with Crippen LogP contribution in [0.5, 0.6) is 11.5 Å². The lowest BCUT2D eigenvalue weighted by atomic mass is 10.1. The molecule has 2 aliphatic rings. The second-order valence-electron chi connectivity index (χ2n) is 14.5. The molecular weight excluding hydrogens is 705 g/mol. The highest BCUT2D eigenvalue weighted by Crippen LogP contribution is 2.43. The van der Waals surface area contributed by atoms with E-state index in [0.29, 0.717) is 24.6 Å². The maximum Gasteiger partial charge on any atom is 0.334 e. The van der Waals surface area contributed by atoms with Gasteiger partial charge in [-0.15, -0.1) is 0 Å². The van der Waals surface area contributed by atoms with Gasteiger partial charge in [-0.05, 0) is 100 Å². The largest absolute Gasteiger partial charge is 0.447 e. The van der Waals surface area contributed by atoms with Gasteiger partial charge < -0.3 is 28.7 Å². The molecule has 0 N–H and O–H groups in total. The quantitative estimate of drug-likeness (QED) is 0.0726. The Labute approximate surface area is 332 Å². The average Bonchev–Trinajstić information content (AvgIpc) is 3.20. The lowest BCUT2D eigenvalue weighted by Crippen LogP contribution is -2.59. The third-order valence-corrected chi connectivity index (χ3v) is 9.85. The number of rotatable bonds is 18. The summed E-state index contributed by atoms with van der Waals surface area (Å²) in [7, 11) is 0. The number of benzene rings is 4. The van der Waals surface area contributed by atoms with E-state index in [9.17, 15) is 9.59 Å². The minimum absolute atomic E-state index is 0.248. The molecule has 0 saturated carbocycles. The smallest absolute Gasteiger partial charge is 0.334 e. The molecule has 56 heavy (non-hydrogen) atoms. The number of nitrogens with zero attached hydrogens (tertiary/aromatic N) is 4. The van der Waals surface area contributed by atoms with Gasteiger partial charge in [-0.1, -0.05) is 88.4 Å². The summed E-state index contributed by atoms with van der Waals surface area (Å²) >= 11 is 0. The molecule has 0 aromatic heterocycles. The zero-order valence-electron chi connectivity index (χ0n) is 33.3. The number of anilines is 4. The molecule has 0 aliphatic carbocycles. The fourth-order valence-corrected chi connectivity index (χ4v) is 7.72. The molecule has 6 rings (SSSR count). The topological polar surface area (TPSA) is 84.0 Å². The molecule has 10 nitrogen and oxygen atoms in total. The van der Waals surface area contributed by atoms with E-state index in [0.717, 1.165) is 86.8 Å². The van der Waals surface area contributed by atoms with Crippen LogP contribution in [0.15, 0.2) is 121 Å². The Morgan fingerprint density at radius 1 is 0.554 bits per heavy atom. The zero-order chi connectivity index (χ0) is 39.4. The highest BCUT2D eigenvalue weighted by atomic mass is 16.7. The molecule has 0 amide bonds. The maximum absolute atomic E-state index is 13.9. The molecule has 10 heteroatoms. The Morgan fingerprint density at radius 3 is 1.25 bits per heavy atom. The van der Waals surface area contributed by atoms with Crippen LogP contribution in [-0.4, -0.2) is 85.7 Å². The molecule has 0 bridgehead atoms. The first-order valence-corrected chi connectivity index (χ1v) is 20.1. The SMILES string of the molecule is CCCN(CCC)CC1(OC(=O)/C=C/C(=O)OC2(CN(CCC)CCC)CN(c3ccccc3)c3ccccc3O2)CN(c2ccccc2)c2ccccc2O1. The molecule has 0 spiro atoms. The van der Waals surface area contributed by atoms with Crippen molar-refractivity contribution in [2.45, 2.75) is 65.0 Å². The van der Waals surface area contributed by atoms with E-state index in [1.165, 1.54) is 0 Å². The molecule has 4 aromatic rings. The summed E-state index contributed by atoms with van der Waals surface area (Å²) in [6.45, 7) is 12.9. The highest BCUT2D eigenvalue weighted by Gasteiger charge is 2.47. The number of hydrogen-bond donors (Lipinski definition) is 0. The Kier molecular flexibility index (Phi) is 13.7. The van der Waals surface area contributed by atoms with Crippen LogP contribution in [0.4, 0.5) is 22.7 Å². The van der Waals surface area contributed by atoms with Crippen molar-refractivity contribution in [2.75, 3.05) is 62.2 Å². The molecule has 2 atom stereocenters. The van der Waals surface area contributed by atoms with E-state index in [-0.39, 0.29) is 13.1 Å². The number of carbonyl (C=O) groups is 2. The Balaban J connectivity index is 1.29. The zero-order valence-corrected chi connectivity index (χ0v) is 33.3. The van der Waals surface area contributed by atoms with E-state index >= 15 is 0 Å². The van der Waals surface area contributed by atoms with Gasteiger partial charge in [-0.25, -0.2) is 9.59 Å². The lowest BCUT2D eigenvalue weighted by molar-refractivity contribution is -0.200. The van der Waals surface area contributed by atoms with Gasteiger partial charge in [-0.2, -0.15) is 0 Å². The average molecular weight is 761 g/mol. The van der Waals surface area contributed by atoms with Crippen molar-refractivity contribution < 1.29 is 28.5 Å². The van der Waals surface area contributed by atoms with Crippen molar-refractivity contribution in [2.24, 2.45) is 0 Å². The Bertz CT molecular complexity index is 1760. The van der Waals surface area contributed by atoms with Crippen LogP contribution in [0, 0.1) is 0 Å². The van der Waals surface area contributed by atoms with Crippen LogP contribution in [-0.2, 0) is 19.1 Å². The summed E-state index contributed by atoms with van der Waals surface area (Å²) in [5.74, 6) is -2.97. The molecule has 0 fully saturated rings. The number of ether oxygens (including phenoxy) is 4. The minimum atomic E-state index is -1.38. The molecule has 0 radical (unpaired) electrons. The first-order valence-electron chi connectivity index (χ1n) is 20.1. The van der Waals surface area contributed by atoms with Crippen LogP contribution in [0.2, 0.25) is 0 Å². The highest BCUT2D eigenvalue weighted by molar-refractivity contribution is 5.92. The van der Waals surface area contributed by atoms with E-state index in [1.54, 1.807) is 0 Å². The fraction of sp³-hybridized carbons (Fsp3) is 0.391. The van der Waals surface area contributed by atoms with E-state index in [1.807, 2.05) is 109 Å². The van der Waals surface area contributed by atoms with E-state index < -0.39 is 23.5 Å². The van der Waals surface area contributed by atoms with Gasteiger partial charge in [0.05, 0.1) is 24.5 Å². The second kappa shape index (κ2) is 19.0. The van der Waals surface area contributed by atoms with Crippen molar-refractivity contribution in [1.29, 1.82) is 0 Å². The summed E-state index contributed by atoms with van der Waals surface area (Å²) in [5, 5.41) is 0. The Hall–Kier alpha value is -5.32. The third kappa shape index (κ3) is 9.91. The lowest BCUT2D eigenvalue weighted by Gasteiger charge is -2.45. The molecule has 2 heterocycles. The number of esters is 2. The van der Waals surface area contributed by atoms with Crippen molar-refractivity contribution in [3.05, 3.63) is 121 Å². The van der Waals surface area contributed by atoms with Crippen LogP contribution in [0.25, 0.3) is 0 Å². The number of fused-ring (bicyclic) bond motifs is 2. The van der Waals surface area contributed by atoms with Gasteiger partial charge in [0.1, 0.15) is 24.6 Å². The maximum atomic E-state index is 13.9. The first-order chi connectivity index (χ1) is 27.3. The van der Waals surface area contributed by atoms with Gasteiger partial charge in [0.25, 0.3) is 11.6 Å². The monoisotopic (exact) mass is 760 g/mol. The summed E-state index contributed by atoms with van der Waals surface area (Å²) < 4.78 is 26.0. The Morgan fingerprint density at radius 2 is 0.893 bits per heavy atom. The van der Waals surface area contributed by atoms with Gasteiger partial charge in [0, 0.05) is 23.5 Å². The van der Waals surface area contributed by atoms with Gasteiger partial charge >= 0.3 is 11.9 Å². The third-order valence-electron chi connectivity index (χ3n) is 9.85. The van der Waals surface area contributed by atoms with Crippen LogP contribution >= 0.6 is 0 Å². The predicted molar refractivity (Wildman–Crippen MR) is 222 cm³/mol. The number of para-hydroxylation sites is 6. The number of hydrogen-bond acceptors (Lipinski definition) is 10. The summed E-state index contributed by atoms with van der Waals surface area (Å²) in [6.07, 6.45) is 5.99. The molecular formula is C46H56N4O6. The van der Waals surface area contributed by atoms with Crippen LogP contribution in [0.1, 0.15) is 53.4 Å². The molecule has 0 saturated heterocycles. The van der Waals surface area contributed by atoms with Crippen LogP contribution < -0.4 is 19.3 Å². The van der Waals surface area contributed by atoms with Gasteiger partial charge in [0.15, 0.2) is 0 Å². The minimum Gasteiger partial charge on any atom is -0.447 e. The molecule has 2 unspecified atom stereocenters. The molecule has 2 aliphatic heterocycles. The normalized spacial score (nSPS) is 19.0. The molecule has 4 aromatic carbocycles. The van der Waals surface area contributed by atoms with Gasteiger partial charge in [0.2, 0.25) is 0 Å². The first kappa shape index (κ1) is 40.3. The fourth-order valence-electron chi connectivity index (χ4n) is 7.72. The van der Waals surface area contributed by atoms with Crippen molar-refractivity contribution in [3.63, 3.8) is 0 Å². The second-order valence-corrected chi connectivity index (χ2v) is 14.5. The van der Waals surface area contributed by atoms with Crippen LogP contribution in [0.3, 0.4) is 0 Å². The molecule has 296 valence electrons. The number of carbonyl (C=O) groups excluding carboxylic acids is 2. The predicted octanol–water partition coefficient (Wildman–Crippen LogP) is 8.73.